The standard InChI is InChI=1S/C20H23N5O3/c1-4-28-12-8-11-24-15(14-9-6-5-7-10-14)13-25-16-17(21-19(24)25)22(2)20(27)23(3)18(16)26/h5-7,9-10,13H,4,8,11-12H2,1-3H3. The number of imidazole rings is 2. The van der Waals surface area contributed by atoms with Crippen molar-refractivity contribution in [3.63, 3.8) is 0 Å². The molecule has 0 amide bonds. The number of rotatable bonds is 6. The molecule has 28 heavy (non-hydrogen) atoms. The van der Waals surface area contributed by atoms with Gasteiger partial charge in [0.2, 0.25) is 5.78 Å². The van der Waals surface area contributed by atoms with Gasteiger partial charge in [-0.1, -0.05) is 30.3 Å². The Hall–Kier alpha value is -3.13. The summed E-state index contributed by atoms with van der Waals surface area (Å²) in [5, 5.41) is 0. The van der Waals surface area contributed by atoms with Gasteiger partial charge < -0.3 is 9.30 Å². The highest BCUT2D eigenvalue weighted by Gasteiger charge is 2.20. The molecule has 0 bridgehead atoms. The quantitative estimate of drug-likeness (QED) is 0.477. The number of ether oxygens (including phenoxy) is 1. The van der Waals surface area contributed by atoms with Crippen LogP contribution < -0.4 is 11.2 Å². The molecule has 3 heterocycles. The van der Waals surface area contributed by atoms with Crippen molar-refractivity contribution in [1.82, 2.24) is 23.1 Å². The van der Waals surface area contributed by atoms with Gasteiger partial charge in [-0.25, -0.2) is 4.79 Å². The second kappa shape index (κ2) is 7.12. The maximum absolute atomic E-state index is 12.8. The average molecular weight is 381 g/mol. The van der Waals surface area contributed by atoms with Crippen molar-refractivity contribution in [3.8, 4) is 11.3 Å². The molecule has 4 aromatic rings. The number of hydrogen-bond acceptors (Lipinski definition) is 4. The van der Waals surface area contributed by atoms with Crippen LogP contribution in [0.15, 0.2) is 46.1 Å². The van der Waals surface area contributed by atoms with E-state index in [1.165, 1.54) is 11.6 Å². The Kier molecular flexibility index (Phi) is 4.64. The molecule has 0 aliphatic heterocycles. The first-order valence-electron chi connectivity index (χ1n) is 9.35. The van der Waals surface area contributed by atoms with E-state index in [1.807, 2.05) is 43.5 Å². The summed E-state index contributed by atoms with van der Waals surface area (Å²) in [6.07, 6.45) is 2.74. The minimum absolute atomic E-state index is 0.350. The fraction of sp³-hybridized carbons (Fsp3) is 0.350. The first-order valence-corrected chi connectivity index (χ1v) is 9.35. The predicted octanol–water partition coefficient (Wildman–Crippen LogP) is 1.78. The zero-order valence-electron chi connectivity index (χ0n) is 16.3. The smallest absolute Gasteiger partial charge is 0.332 e. The van der Waals surface area contributed by atoms with Crippen LogP contribution in [0.4, 0.5) is 0 Å². The normalized spacial score (nSPS) is 11.7. The number of benzene rings is 1. The summed E-state index contributed by atoms with van der Waals surface area (Å²) < 4.78 is 11.9. The Balaban J connectivity index is 1.99. The lowest BCUT2D eigenvalue weighted by molar-refractivity contribution is 0.142. The Bertz CT molecular complexity index is 1260. The first-order chi connectivity index (χ1) is 13.5. The van der Waals surface area contributed by atoms with Crippen molar-refractivity contribution in [2.75, 3.05) is 13.2 Å². The summed E-state index contributed by atoms with van der Waals surface area (Å²) in [5.41, 5.74) is 2.07. The summed E-state index contributed by atoms with van der Waals surface area (Å²) in [6, 6.07) is 10.00. The molecule has 0 radical (unpaired) electrons. The van der Waals surface area contributed by atoms with E-state index in [0.717, 1.165) is 22.2 Å². The number of aromatic nitrogens is 5. The van der Waals surface area contributed by atoms with Gasteiger partial charge in [-0.05, 0) is 18.9 Å². The number of fused-ring (bicyclic) bond motifs is 3. The summed E-state index contributed by atoms with van der Waals surface area (Å²) in [7, 11) is 3.12. The molecule has 0 spiro atoms. The predicted molar refractivity (Wildman–Crippen MR) is 108 cm³/mol. The molecular weight excluding hydrogens is 358 g/mol. The van der Waals surface area contributed by atoms with Gasteiger partial charge in [-0.3, -0.25) is 18.3 Å². The number of hydrogen-bond donors (Lipinski definition) is 0. The Morgan fingerprint density at radius 1 is 1.07 bits per heavy atom. The van der Waals surface area contributed by atoms with Crippen LogP contribution in [0.25, 0.3) is 28.2 Å². The zero-order chi connectivity index (χ0) is 19.8. The Morgan fingerprint density at radius 2 is 1.82 bits per heavy atom. The second-order valence-electron chi connectivity index (χ2n) is 6.74. The van der Waals surface area contributed by atoms with E-state index in [9.17, 15) is 9.59 Å². The van der Waals surface area contributed by atoms with Gasteiger partial charge in [-0.2, -0.15) is 4.98 Å². The maximum Gasteiger partial charge on any atom is 0.332 e. The van der Waals surface area contributed by atoms with E-state index in [4.69, 9.17) is 4.74 Å². The molecule has 8 heteroatoms. The third kappa shape index (κ3) is 2.77. The third-order valence-corrected chi connectivity index (χ3v) is 5.00. The van der Waals surface area contributed by atoms with E-state index in [1.54, 1.807) is 11.4 Å². The lowest BCUT2D eigenvalue weighted by Crippen LogP contribution is -2.37. The molecular formula is C20H23N5O3. The van der Waals surface area contributed by atoms with Crippen molar-refractivity contribution in [2.24, 2.45) is 14.1 Å². The van der Waals surface area contributed by atoms with Crippen LogP contribution in [0.3, 0.4) is 0 Å². The fourth-order valence-corrected chi connectivity index (χ4v) is 3.54. The summed E-state index contributed by atoms with van der Waals surface area (Å²) in [5.74, 6) is 0.642. The fourth-order valence-electron chi connectivity index (χ4n) is 3.54. The van der Waals surface area contributed by atoms with E-state index in [0.29, 0.717) is 36.7 Å². The van der Waals surface area contributed by atoms with Crippen molar-refractivity contribution < 1.29 is 4.74 Å². The molecule has 0 N–H and O–H groups in total. The average Bonchev–Trinajstić information content (AvgIpc) is 3.25. The second-order valence-corrected chi connectivity index (χ2v) is 6.74. The Labute approximate surface area is 161 Å². The Morgan fingerprint density at radius 3 is 2.54 bits per heavy atom. The number of aryl methyl sites for hydroxylation is 2. The lowest BCUT2D eigenvalue weighted by Gasteiger charge is -2.09. The molecule has 8 nitrogen and oxygen atoms in total. The monoisotopic (exact) mass is 381 g/mol. The highest BCUT2D eigenvalue weighted by Crippen LogP contribution is 2.25. The first kappa shape index (κ1) is 18.2. The van der Waals surface area contributed by atoms with Crippen LogP contribution in [-0.4, -0.2) is 36.3 Å². The van der Waals surface area contributed by atoms with Crippen LogP contribution in [0.1, 0.15) is 13.3 Å². The van der Waals surface area contributed by atoms with Crippen LogP contribution in [0, 0.1) is 0 Å². The van der Waals surface area contributed by atoms with Gasteiger partial charge in [0.05, 0.1) is 5.69 Å². The number of nitrogens with zero attached hydrogens (tertiary/aromatic N) is 5. The SMILES string of the molecule is CCOCCCn1c(-c2ccccc2)cn2c3c(=O)n(C)c(=O)n(C)c3nc12. The van der Waals surface area contributed by atoms with Crippen molar-refractivity contribution in [1.29, 1.82) is 0 Å². The molecule has 4 rings (SSSR count). The van der Waals surface area contributed by atoms with Crippen LogP contribution in [0.5, 0.6) is 0 Å². The third-order valence-electron chi connectivity index (χ3n) is 5.00. The van der Waals surface area contributed by atoms with Gasteiger partial charge in [0.15, 0.2) is 11.2 Å². The molecule has 146 valence electrons. The highest BCUT2D eigenvalue weighted by atomic mass is 16.5. The molecule has 1 aromatic carbocycles. The minimum atomic E-state index is -0.385. The highest BCUT2D eigenvalue weighted by molar-refractivity contribution is 5.78. The van der Waals surface area contributed by atoms with E-state index >= 15 is 0 Å². The van der Waals surface area contributed by atoms with E-state index in [2.05, 4.69) is 9.55 Å². The lowest BCUT2D eigenvalue weighted by atomic mass is 10.1. The van der Waals surface area contributed by atoms with Crippen LogP contribution in [0.2, 0.25) is 0 Å². The molecule has 0 unspecified atom stereocenters. The zero-order valence-corrected chi connectivity index (χ0v) is 16.3. The summed E-state index contributed by atoms with van der Waals surface area (Å²) in [4.78, 5) is 29.7. The minimum Gasteiger partial charge on any atom is -0.382 e. The largest absolute Gasteiger partial charge is 0.382 e. The molecule has 0 aliphatic carbocycles. The van der Waals surface area contributed by atoms with Crippen molar-refractivity contribution in [3.05, 3.63) is 57.4 Å². The topological polar surface area (TPSA) is 75.5 Å². The van der Waals surface area contributed by atoms with Gasteiger partial charge in [-0.15, -0.1) is 0 Å². The molecule has 0 saturated heterocycles. The molecule has 0 saturated carbocycles. The van der Waals surface area contributed by atoms with E-state index in [-0.39, 0.29) is 11.2 Å². The van der Waals surface area contributed by atoms with Crippen molar-refractivity contribution in [2.45, 2.75) is 19.9 Å². The van der Waals surface area contributed by atoms with Gasteiger partial charge in [0, 0.05) is 40.1 Å². The molecule has 3 aromatic heterocycles. The van der Waals surface area contributed by atoms with E-state index < -0.39 is 0 Å². The van der Waals surface area contributed by atoms with Gasteiger partial charge in [0.1, 0.15) is 0 Å². The van der Waals surface area contributed by atoms with Gasteiger partial charge >= 0.3 is 5.69 Å². The molecule has 0 aliphatic rings. The van der Waals surface area contributed by atoms with Crippen LogP contribution in [-0.2, 0) is 25.4 Å². The summed E-state index contributed by atoms with van der Waals surface area (Å²) in [6.45, 7) is 3.99. The molecule has 0 atom stereocenters. The van der Waals surface area contributed by atoms with Gasteiger partial charge in [0.25, 0.3) is 5.56 Å². The molecule has 0 fully saturated rings. The van der Waals surface area contributed by atoms with Crippen LogP contribution >= 0.6 is 0 Å². The maximum atomic E-state index is 12.8. The summed E-state index contributed by atoms with van der Waals surface area (Å²) >= 11 is 0. The van der Waals surface area contributed by atoms with Crippen molar-refractivity contribution >= 4 is 16.9 Å².